The highest BCUT2D eigenvalue weighted by Crippen LogP contribution is 2.49. The molecular formula is C20H17Cl2O5P. The van der Waals surface area contributed by atoms with Gasteiger partial charge in [0, 0.05) is 0 Å². The maximum atomic E-state index is 11.2. The number of benzene rings is 3. The van der Waals surface area contributed by atoms with Gasteiger partial charge in [-0.3, -0.25) is 4.57 Å². The molecule has 0 heterocycles. The molecule has 3 aromatic carbocycles. The zero-order valence-electron chi connectivity index (χ0n) is 14.4. The van der Waals surface area contributed by atoms with E-state index in [1.54, 1.807) is 42.5 Å². The highest BCUT2D eigenvalue weighted by molar-refractivity contribution is 7.51. The first-order chi connectivity index (χ1) is 13.2. The van der Waals surface area contributed by atoms with Crippen molar-refractivity contribution >= 4 is 30.8 Å². The van der Waals surface area contributed by atoms with Crippen LogP contribution in [0.5, 0.6) is 0 Å². The van der Waals surface area contributed by atoms with Gasteiger partial charge in [0.1, 0.15) is 6.10 Å². The number of halogens is 2. The molecule has 0 bridgehead atoms. The quantitative estimate of drug-likeness (QED) is 0.424. The van der Waals surface area contributed by atoms with Crippen LogP contribution in [-0.2, 0) is 4.57 Å². The standard InChI is InChI=1S/C20H17Cl2O5P/c21-17-9-8-16(11-18(17)22)19(23)15-3-1-2-14(10-15)12-4-6-13(7-5-12)20(24)28(25,26)27/h1-11,19-20,23-24H,(H2,25,26,27)/t19-,20+/m1/s1. The minimum atomic E-state index is -4.63. The maximum absolute atomic E-state index is 11.2. The van der Waals surface area contributed by atoms with Crippen LogP contribution in [0.4, 0.5) is 0 Å². The molecule has 0 aromatic heterocycles. The minimum absolute atomic E-state index is 0.129. The van der Waals surface area contributed by atoms with Crippen LogP contribution in [0, 0.1) is 0 Å². The van der Waals surface area contributed by atoms with E-state index in [0.29, 0.717) is 21.2 Å². The molecule has 0 unspecified atom stereocenters. The fraction of sp³-hybridized carbons (Fsp3) is 0.100. The summed E-state index contributed by atoms with van der Waals surface area (Å²) < 4.78 is 11.2. The Morgan fingerprint density at radius 3 is 1.93 bits per heavy atom. The normalized spacial score (nSPS) is 13.9. The molecule has 28 heavy (non-hydrogen) atoms. The summed E-state index contributed by atoms with van der Waals surface area (Å²) in [6, 6.07) is 18.4. The van der Waals surface area contributed by atoms with Gasteiger partial charge in [0.05, 0.1) is 10.0 Å². The third-order valence-corrected chi connectivity index (χ3v) is 6.00. The van der Waals surface area contributed by atoms with Crippen LogP contribution in [0.15, 0.2) is 66.7 Å². The molecule has 146 valence electrons. The van der Waals surface area contributed by atoms with E-state index in [4.69, 9.17) is 33.0 Å². The van der Waals surface area contributed by atoms with E-state index in [1.807, 2.05) is 12.1 Å². The van der Waals surface area contributed by atoms with Crippen molar-refractivity contribution in [2.45, 2.75) is 11.9 Å². The molecule has 8 heteroatoms. The van der Waals surface area contributed by atoms with Gasteiger partial charge in [-0.15, -0.1) is 0 Å². The van der Waals surface area contributed by atoms with Gasteiger partial charge in [0.2, 0.25) is 0 Å². The van der Waals surface area contributed by atoms with E-state index in [9.17, 15) is 14.8 Å². The number of rotatable bonds is 5. The van der Waals surface area contributed by atoms with Crippen molar-refractivity contribution in [2.24, 2.45) is 0 Å². The molecule has 0 aliphatic heterocycles. The monoisotopic (exact) mass is 438 g/mol. The second-order valence-corrected chi connectivity index (χ2v) is 8.77. The van der Waals surface area contributed by atoms with Crippen molar-refractivity contribution in [3.05, 3.63) is 93.5 Å². The molecular weight excluding hydrogens is 422 g/mol. The lowest BCUT2D eigenvalue weighted by atomic mass is 9.96. The van der Waals surface area contributed by atoms with Gasteiger partial charge in [0.25, 0.3) is 0 Å². The lowest BCUT2D eigenvalue weighted by Crippen LogP contribution is -2.00. The largest absolute Gasteiger partial charge is 0.384 e. The zero-order chi connectivity index (χ0) is 20.5. The van der Waals surface area contributed by atoms with Gasteiger partial charge in [-0.25, -0.2) is 0 Å². The Labute approximate surface area is 172 Å². The Balaban J connectivity index is 1.89. The van der Waals surface area contributed by atoms with E-state index in [2.05, 4.69) is 0 Å². The van der Waals surface area contributed by atoms with E-state index >= 15 is 0 Å². The van der Waals surface area contributed by atoms with Crippen molar-refractivity contribution in [3.8, 4) is 11.1 Å². The lowest BCUT2D eigenvalue weighted by molar-refractivity contribution is 0.205. The molecule has 0 radical (unpaired) electrons. The Morgan fingerprint density at radius 1 is 0.714 bits per heavy atom. The third kappa shape index (κ3) is 4.65. The average Bonchev–Trinajstić information content (AvgIpc) is 2.68. The van der Waals surface area contributed by atoms with Crippen LogP contribution in [0.3, 0.4) is 0 Å². The summed E-state index contributed by atoms with van der Waals surface area (Å²) in [7, 11) is -4.63. The smallest absolute Gasteiger partial charge is 0.358 e. The highest BCUT2D eigenvalue weighted by Gasteiger charge is 2.27. The summed E-state index contributed by atoms with van der Waals surface area (Å²) in [6.07, 6.45) is -0.898. The molecule has 2 atom stereocenters. The topological polar surface area (TPSA) is 98.0 Å². The Bertz CT molecular complexity index is 1030. The summed E-state index contributed by atoms with van der Waals surface area (Å²) in [5, 5.41) is 21.1. The molecule has 4 N–H and O–H groups in total. The summed E-state index contributed by atoms with van der Waals surface area (Å²) in [5.41, 5.74) is 2.95. The summed E-state index contributed by atoms with van der Waals surface area (Å²) in [4.78, 5) is 18.2. The lowest BCUT2D eigenvalue weighted by Gasteiger charge is -2.15. The molecule has 0 aliphatic carbocycles. The number of aliphatic hydroxyl groups is 2. The van der Waals surface area contributed by atoms with Gasteiger partial charge >= 0.3 is 7.60 Å². The second-order valence-electron chi connectivity index (χ2n) is 6.29. The van der Waals surface area contributed by atoms with Gasteiger partial charge in [-0.05, 0) is 46.0 Å². The first kappa shape index (κ1) is 21.0. The van der Waals surface area contributed by atoms with Crippen LogP contribution in [-0.4, -0.2) is 20.0 Å². The van der Waals surface area contributed by atoms with Crippen LogP contribution in [0.2, 0.25) is 10.0 Å². The Kier molecular flexibility index (Phi) is 6.28. The van der Waals surface area contributed by atoms with Gasteiger partial charge in [-0.1, -0.05) is 71.7 Å². The first-order valence-electron chi connectivity index (χ1n) is 8.23. The molecule has 5 nitrogen and oxygen atoms in total. The molecule has 3 rings (SSSR count). The van der Waals surface area contributed by atoms with Gasteiger partial charge in [-0.2, -0.15) is 0 Å². The van der Waals surface area contributed by atoms with Crippen molar-refractivity contribution in [1.29, 1.82) is 0 Å². The predicted octanol–water partition coefficient (Wildman–Crippen LogP) is 4.91. The van der Waals surface area contributed by atoms with Crippen LogP contribution in [0.25, 0.3) is 11.1 Å². The molecule has 0 amide bonds. The van der Waals surface area contributed by atoms with E-state index in [0.717, 1.165) is 11.1 Å². The molecule has 3 aromatic rings. The molecule has 0 saturated heterocycles. The molecule has 0 aliphatic rings. The number of aliphatic hydroxyl groups excluding tert-OH is 2. The van der Waals surface area contributed by atoms with E-state index in [1.165, 1.54) is 12.1 Å². The number of hydrogen-bond donors (Lipinski definition) is 4. The van der Waals surface area contributed by atoms with Crippen molar-refractivity contribution in [1.82, 2.24) is 0 Å². The van der Waals surface area contributed by atoms with E-state index < -0.39 is 19.5 Å². The summed E-state index contributed by atoms with van der Waals surface area (Å²) in [6.45, 7) is 0. The fourth-order valence-corrected chi connectivity index (χ4v) is 3.67. The summed E-state index contributed by atoms with van der Waals surface area (Å²) in [5.74, 6) is -1.86. The zero-order valence-corrected chi connectivity index (χ0v) is 16.8. The highest BCUT2D eigenvalue weighted by atomic mass is 35.5. The van der Waals surface area contributed by atoms with Crippen molar-refractivity contribution in [2.75, 3.05) is 0 Å². The van der Waals surface area contributed by atoms with Crippen LogP contribution >= 0.6 is 30.8 Å². The minimum Gasteiger partial charge on any atom is -0.384 e. The van der Waals surface area contributed by atoms with Gasteiger partial charge in [0.15, 0.2) is 5.85 Å². The SMILES string of the molecule is O=P(O)(O)[C@H](O)c1ccc(-c2cccc([C@@H](O)c3ccc(Cl)c(Cl)c3)c2)cc1. The molecule has 0 fully saturated rings. The molecule has 0 spiro atoms. The predicted molar refractivity (Wildman–Crippen MR) is 109 cm³/mol. The van der Waals surface area contributed by atoms with Crippen molar-refractivity contribution in [3.63, 3.8) is 0 Å². The average molecular weight is 439 g/mol. The first-order valence-corrected chi connectivity index (χ1v) is 10.7. The third-order valence-electron chi connectivity index (χ3n) is 4.32. The maximum Gasteiger partial charge on any atom is 0.358 e. The Morgan fingerprint density at radius 2 is 1.32 bits per heavy atom. The Hall–Kier alpha value is -1.69. The fourth-order valence-electron chi connectivity index (χ4n) is 2.81. The van der Waals surface area contributed by atoms with Crippen LogP contribution < -0.4 is 0 Å². The second kappa shape index (κ2) is 8.36. The van der Waals surface area contributed by atoms with Crippen molar-refractivity contribution < 1.29 is 24.6 Å². The summed E-state index contributed by atoms with van der Waals surface area (Å²) >= 11 is 11.9. The van der Waals surface area contributed by atoms with Crippen LogP contribution in [0.1, 0.15) is 28.6 Å². The van der Waals surface area contributed by atoms with Gasteiger partial charge < -0.3 is 20.0 Å². The molecule has 0 saturated carbocycles. The number of hydrogen-bond acceptors (Lipinski definition) is 3. The van der Waals surface area contributed by atoms with E-state index in [-0.39, 0.29) is 5.56 Å².